The number of carboxylic acid groups (broad SMARTS) is 4. The van der Waals surface area contributed by atoms with Crippen LogP contribution in [-0.4, -0.2) is 12.3 Å². The fourth-order valence-electron chi connectivity index (χ4n) is 0. The zero-order valence-electron chi connectivity index (χ0n) is 3.83. The van der Waals surface area contributed by atoms with Crippen molar-refractivity contribution >= 4 is 12.3 Å². The van der Waals surface area contributed by atoms with Gasteiger partial charge in [0.1, 0.15) is 0 Å². The van der Waals surface area contributed by atoms with Gasteiger partial charge in [-0.05, 0) is 12.3 Å². The molecule has 56 valence electrons. The first-order valence-electron chi connectivity index (χ1n) is 1.22. The summed E-state index contributed by atoms with van der Waals surface area (Å²) in [4.78, 5) is 16.7. The summed E-state index contributed by atoms with van der Waals surface area (Å²) in [6.07, 6.45) is -4.67. The lowest BCUT2D eigenvalue weighted by Gasteiger charge is -1.96. The average Bonchev–Trinajstić information content (AvgIpc) is 1.25. The van der Waals surface area contributed by atoms with Crippen molar-refractivity contribution in [1.29, 1.82) is 0 Å². The minimum absolute atomic E-state index is 0. The Labute approximate surface area is 55.8 Å². The molecule has 0 bridgehead atoms. The lowest BCUT2D eigenvalue weighted by Crippen LogP contribution is -3.00. The fraction of sp³-hybridized carbons (Fsp3) is 0. The first kappa shape index (κ1) is 15.7. The summed E-state index contributed by atoms with van der Waals surface area (Å²) in [6, 6.07) is 0. The van der Waals surface area contributed by atoms with Gasteiger partial charge in [-0.15, -0.1) is 0 Å². The molecule has 0 saturated carbocycles. The minimum Gasteiger partial charge on any atom is -1.00 e. The van der Waals surface area contributed by atoms with E-state index in [0.29, 0.717) is 0 Å². The molecule has 0 heterocycles. The SMILES string of the molecule is O=C([O-])[O-].O=C([O-])[O-].[Cl-]. The van der Waals surface area contributed by atoms with Crippen molar-refractivity contribution in [3.8, 4) is 0 Å². The maximum absolute atomic E-state index is 8.33. The van der Waals surface area contributed by atoms with Crippen molar-refractivity contribution in [1.82, 2.24) is 0 Å². The van der Waals surface area contributed by atoms with E-state index in [4.69, 9.17) is 30.0 Å². The van der Waals surface area contributed by atoms with Crippen LogP contribution in [0.3, 0.4) is 0 Å². The summed E-state index contributed by atoms with van der Waals surface area (Å²) in [5, 5.41) is 33.3. The summed E-state index contributed by atoms with van der Waals surface area (Å²) in [5.74, 6) is 0. The standard InChI is InChI=1S/2CH2O3.ClH/c2*2-1(3)4;/h2*(H2,2,3,4);1H/p-5. The van der Waals surface area contributed by atoms with Gasteiger partial charge >= 0.3 is 0 Å². The van der Waals surface area contributed by atoms with Crippen LogP contribution in [-0.2, 0) is 0 Å². The summed E-state index contributed by atoms with van der Waals surface area (Å²) < 4.78 is 0. The molecule has 0 aliphatic carbocycles. The van der Waals surface area contributed by atoms with E-state index in [-0.39, 0.29) is 12.4 Å². The van der Waals surface area contributed by atoms with Gasteiger partial charge in [0, 0.05) is 0 Å². The molecule has 0 aliphatic heterocycles. The molecule has 0 amide bonds. The predicted octanol–water partition coefficient (Wildman–Crippen LogP) is -7.89. The highest BCUT2D eigenvalue weighted by Crippen LogP contribution is 1.21. The van der Waals surface area contributed by atoms with Crippen LogP contribution in [0.4, 0.5) is 9.59 Å². The van der Waals surface area contributed by atoms with Gasteiger partial charge in [-0.3, -0.25) is 0 Å². The van der Waals surface area contributed by atoms with Gasteiger partial charge < -0.3 is 42.4 Å². The Morgan fingerprint density at radius 3 is 0.778 bits per heavy atom. The summed E-state index contributed by atoms with van der Waals surface area (Å²) in [5.41, 5.74) is 0. The van der Waals surface area contributed by atoms with E-state index in [1.165, 1.54) is 0 Å². The van der Waals surface area contributed by atoms with Crippen LogP contribution in [0.5, 0.6) is 0 Å². The van der Waals surface area contributed by atoms with E-state index in [0.717, 1.165) is 0 Å². The molecule has 0 saturated heterocycles. The summed E-state index contributed by atoms with van der Waals surface area (Å²) >= 11 is 0. The van der Waals surface area contributed by atoms with Crippen molar-refractivity contribution in [3.05, 3.63) is 0 Å². The van der Waals surface area contributed by atoms with Gasteiger partial charge in [0.05, 0.1) is 0 Å². The van der Waals surface area contributed by atoms with Gasteiger partial charge in [0.25, 0.3) is 0 Å². The number of carbonyl (C=O) groups is 2. The smallest absolute Gasteiger partial charge is 0.0431 e. The number of hydrogen-bond donors (Lipinski definition) is 0. The third-order valence-corrected chi connectivity index (χ3v) is 0. The van der Waals surface area contributed by atoms with Crippen LogP contribution in [0, 0.1) is 0 Å². The molecule has 7 heteroatoms. The van der Waals surface area contributed by atoms with E-state index in [1.807, 2.05) is 0 Å². The van der Waals surface area contributed by atoms with Crippen molar-refractivity contribution in [2.75, 3.05) is 0 Å². The maximum atomic E-state index is 8.33. The molecule has 0 fully saturated rings. The quantitative estimate of drug-likeness (QED) is 0.342. The molecular weight excluding hydrogens is 155 g/mol. The fourth-order valence-corrected chi connectivity index (χ4v) is 0. The van der Waals surface area contributed by atoms with Crippen molar-refractivity contribution < 1.29 is 42.4 Å². The Morgan fingerprint density at radius 2 is 0.778 bits per heavy atom. The van der Waals surface area contributed by atoms with Gasteiger partial charge in [-0.25, -0.2) is 0 Å². The lowest BCUT2D eigenvalue weighted by atomic mass is 11.5. The molecule has 0 rings (SSSR count). The lowest BCUT2D eigenvalue weighted by molar-refractivity contribution is -0.417. The molecule has 0 aromatic carbocycles. The topological polar surface area (TPSA) is 126 Å². The minimum atomic E-state index is -2.33. The second kappa shape index (κ2) is 9.95. The first-order chi connectivity index (χ1) is 3.46. The van der Waals surface area contributed by atoms with E-state index in [1.54, 1.807) is 0 Å². The number of rotatable bonds is 0. The van der Waals surface area contributed by atoms with Crippen LogP contribution >= 0.6 is 0 Å². The molecular formula is C2ClO6-5. The van der Waals surface area contributed by atoms with Gasteiger partial charge in [-0.2, -0.15) is 0 Å². The monoisotopic (exact) mass is 155 g/mol. The largest absolute Gasteiger partial charge is 1.00 e. The van der Waals surface area contributed by atoms with Crippen LogP contribution in [0.15, 0.2) is 0 Å². The van der Waals surface area contributed by atoms with Crippen LogP contribution < -0.4 is 32.8 Å². The summed E-state index contributed by atoms with van der Waals surface area (Å²) in [7, 11) is 0. The Morgan fingerprint density at radius 1 is 0.778 bits per heavy atom. The zero-order valence-corrected chi connectivity index (χ0v) is 4.58. The predicted molar refractivity (Wildman–Crippen MR) is 10.8 cm³/mol. The molecule has 0 aromatic rings. The van der Waals surface area contributed by atoms with Gasteiger partial charge in [0.15, 0.2) is 0 Å². The highest BCUT2D eigenvalue weighted by molar-refractivity contribution is 5.47. The Hall–Kier alpha value is -1.17. The Kier molecular flexibility index (Phi) is 17.3. The third-order valence-electron chi connectivity index (χ3n) is 0. The highest BCUT2D eigenvalue weighted by Gasteiger charge is 1.27. The Bertz CT molecular complexity index is 69.1. The van der Waals surface area contributed by atoms with Crippen molar-refractivity contribution in [2.24, 2.45) is 0 Å². The van der Waals surface area contributed by atoms with Crippen LogP contribution in [0.2, 0.25) is 0 Å². The van der Waals surface area contributed by atoms with E-state index >= 15 is 0 Å². The maximum Gasteiger partial charge on any atom is -0.0431 e. The molecule has 0 aliphatic rings. The molecule has 6 nitrogen and oxygen atoms in total. The highest BCUT2D eigenvalue weighted by atomic mass is 35.5. The molecule has 0 atom stereocenters. The molecule has 0 N–H and O–H groups in total. The van der Waals surface area contributed by atoms with Gasteiger partial charge in [0.2, 0.25) is 0 Å². The van der Waals surface area contributed by atoms with Gasteiger partial charge in [-0.1, -0.05) is 0 Å². The molecule has 0 radical (unpaired) electrons. The van der Waals surface area contributed by atoms with E-state index < -0.39 is 12.3 Å². The number of carbonyl (C=O) groups excluding carboxylic acids is 2. The summed E-state index contributed by atoms with van der Waals surface area (Å²) in [6.45, 7) is 0. The average molecular weight is 155 g/mol. The molecule has 9 heavy (non-hydrogen) atoms. The second-order valence-electron chi connectivity index (χ2n) is 0.500. The van der Waals surface area contributed by atoms with Crippen LogP contribution in [0.25, 0.3) is 0 Å². The normalized spacial score (nSPS) is 5.33. The van der Waals surface area contributed by atoms with E-state index in [2.05, 4.69) is 0 Å². The van der Waals surface area contributed by atoms with Crippen molar-refractivity contribution in [3.63, 3.8) is 0 Å². The molecule has 0 unspecified atom stereocenters. The second-order valence-corrected chi connectivity index (χ2v) is 0.500. The first-order valence-corrected chi connectivity index (χ1v) is 1.22. The third kappa shape index (κ3) is 116. The van der Waals surface area contributed by atoms with Crippen molar-refractivity contribution in [2.45, 2.75) is 0 Å². The molecule has 0 spiro atoms. The number of hydrogen-bond acceptors (Lipinski definition) is 6. The van der Waals surface area contributed by atoms with Crippen LogP contribution in [0.1, 0.15) is 0 Å². The Balaban J connectivity index is -0.0000000720. The molecule has 0 aromatic heterocycles. The number of halogens is 1. The zero-order chi connectivity index (χ0) is 7.15. The van der Waals surface area contributed by atoms with E-state index in [9.17, 15) is 0 Å².